The minimum absolute atomic E-state index is 0.109. The summed E-state index contributed by atoms with van der Waals surface area (Å²) in [6.07, 6.45) is 1.58. The van der Waals surface area contributed by atoms with Crippen molar-refractivity contribution in [2.75, 3.05) is 29.4 Å². The number of nitrogens with one attached hydrogen (secondary N) is 2. The molecule has 0 bridgehead atoms. The number of methoxy groups -OCH3 is 1. The lowest BCUT2D eigenvalue weighted by atomic mass is 10.2. The summed E-state index contributed by atoms with van der Waals surface area (Å²) in [7, 11) is 1.57. The van der Waals surface area contributed by atoms with E-state index in [1.807, 2.05) is 12.1 Å². The van der Waals surface area contributed by atoms with Crippen LogP contribution in [0.2, 0.25) is 5.02 Å². The van der Waals surface area contributed by atoms with Gasteiger partial charge in [0.15, 0.2) is 0 Å². The molecule has 0 unspecified atom stereocenters. The number of hydrazone groups is 1. The molecule has 150 valence electrons. The van der Waals surface area contributed by atoms with Gasteiger partial charge in [0.25, 0.3) is 5.95 Å². The molecular weight excluding hydrogens is 414 g/mol. The van der Waals surface area contributed by atoms with E-state index in [-0.39, 0.29) is 17.6 Å². The van der Waals surface area contributed by atoms with E-state index >= 15 is 0 Å². The van der Waals surface area contributed by atoms with Crippen molar-refractivity contribution >= 4 is 47.1 Å². The minimum Gasteiger partial charge on any atom is -0.497 e. The summed E-state index contributed by atoms with van der Waals surface area (Å²) in [5.41, 5.74) is 4.16. The van der Waals surface area contributed by atoms with E-state index < -0.39 is 0 Å². The van der Waals surface area contributed by atoms with Crippen molar-refractivity contribution in [2.24, 2.45) is 5.10 Å². The molecule has 0 atom stereocenters. The summed E-state index contributed by atoms with van der Waals surface area (Å²) in [5.74, 6) is 6.74. The highest BCUT2D eigenvalue weighted by Gasteiger charge is 2.12. The molecule has 1 heterocycles. The lowest BCUT2D eigenvalue weighted by Gasteiger charge is -2.07. The van der Waals surface area contributed by atoms with Gasteiger partial charge in [0.1, 0.15) is 5.75 Å². The third-order valence-electron chi connectivity index (χ3n) is 3.58. The molecule has 3 aromatic rings. The van der Waals surface area contributed by atoms with Crippen LogP contribution in [0.1, 0.15) is 5.56 Å². The Morgan fingerprint density at radius 2 is 2.14 bits per heavy atom. The monoisotopic (exact) mass is 431 g/mol. The molecule has 0 fully saturated rings. The van der Waals surface area contributed by atoms with Gasteiger partial charge in [0.05, 0.1) is 19.1 Å². The van der Waals surface area contributed by atoms with Crippen LogP contribution in [0.3, 0.4) is 0 Å². The number of aromatic nitrogens is 3. The van der Waals surface area contributed by atoms with Crippen LogP contribution in [0, 0.1) is 0 Å². The van der Waals surface area contributed by atoms with E-state index in [1.165, 1.54) is 4.68 Å². The van der Waals surface area contributed by atoms with Gasteiger partial charge in [-0.05, 0) is 29.8 Å². The Kier molecular flexibility index (Phi) is 6.93. The third-order valence-corrected chi connectivity index (χ3v) is 4.76. The molecule has 1 amide bonds. The maximum atomic E-state index is 12.1. The molecular formula is C18H18ClN7O2S. The molecule has 3 rings (SSSR count). The quantitative estimate of drug-likeness (QED) is 0.217. The summed E-state index contributed by atoms with van der Waals surface area (Å²) < 4.78 is 6.35. The molecule has 2 aromatic carbocycles. The summed E-state index contributed by atoms with van der Waals surface area (Å²) >= 11 is 7.07. The van der Waals surface area contributed by atoms with Gasteiger partial charge in [-0.2, -0.15) is 5.10 Å². The fourth-order valence-corrected chi connectivity index (χ4v) is 3.09. The number of carbonyl (C=O) groups excluding carboxylic acids is 1. The summed E-state index contributed by atoms with van der Waals surface area (Å²) in [6, 6.07) is 14.3. The zero-order valence-electron chi connectivity index (χ0n) is 15.4. The second kappa shape index (κ2) is 9.80. The average molecular weight is 432 g/mol. The Labute approximate surface area is 176 Å². The fourth-order valence-electron chi connectivity index (χ4n) is 2.23. The van der Waals surface area contributed by atoms with Crippen molar-refractivity contribution < 1.29 is 9.53 Å². The van der Waals surface area contributed by atoms with E-state index in [0.717, 1.165) is 17.3 Å². The maximum absolute atomic E-state index is 12.1. The largest absolute Gasteiger partial charge is 0.497 e. The molecule has 1 aromatic heterocycles. The topological polar surface area (TPSA) is 119 Å². The van der Waals surface area contributed by atoms with Crippen molar-refractivity contribution in [1.82, 2.24) is 14.9 Å². The van der Waals surface area contributed by atoms with E-state index in [1.54, 1.807) is 49.7 Å². The summed E-state index contributed by atoms with van der Waals surface area (Å²) in [4.78, 5) is 12.1. The molecule has 0 radical (unpaired) electrons. The number of hydrogen-bond acceptors (Lipinski definition) is 8. The average Bonchev–Trinajstić information content (AvgIpc) is 3.06. The highest BCUT2D eigenvalue weighted by atomic mass is 35.5. The van der Waals surface area contributed by atoms with Crippen LogP contribution in [0.15, 0.2) is 58.8 Å². The van der Waals surface area contributed by atoms with Crippen LogP contribution >= 0.6 is 23.4 Å². The van der Waals surface area contributed by atoms with Gasteiger partial charge in [0, 0.05) is 16.8 Å². The van der Waals surface area contributed by atoms with E-state index in [2.05, 4.69) is 26.0 Å². The number of benzene rings is 2. The number of thioether (sulfide) groups is 1. The lowest BCUT2D eigenvalue weighted by molar-refractivity contribution is -0.113. The van der Waals surface area contributed by atoms with Gasteiger partial charge in [-0.3, -0.25) is 4.79 Å². The normalized spacial score (nSPS) is 10.8. The van der Waals surface area contributed by atoms with Crippen LogP contribution < -0.4 is 21.3 Å². The Hall–Kier alpha value is -3.24. The van der Waals surface area contributed by atoms with Crippen LogP contribution in [0.4, 0.5) is 11.6 Å². The first-order valence-corrected chi connectivity index (χ1v) is 9.73. The number of rotatable bonds is 8. The SMILES string of the molecule is COc1cccc(NC(=O)CSc2nnc(N/N=C/c3cccc(Cl)c3)n2N)c1. The number of nitrogens with two attached hydrogens (primary N) is 1. The molecule has 0 aliphatic rings. The number of carbonyl (C=O) groups is 1. The van der Waals surface area contributed by atoms with Crippen LogP contribution in [0.25, 0.3) is 0 Å². The highest BCUT2D eigenvalue weighted by molar-refractivity contribution is 7.99. The summed E-state index contributed by atoms with van der Waals surface area (Å²) in [5, 5.41) is 15.7. The zero-order chi connectivity index (χ0) is 20.6. The van der Waals surface area contributed by atoms with Crippen molar-refractivity contribution in [2.45, 2.75) is 5.16 Å². The molecule has 0 saturated heterocycles. The number of nitrogens with zero attached hydrogens (tertiary/aromatic N) is 4. The number of halogens is 1. The number of hydrogen-bond donors (Lipinski definition) is 3. The Morgan fingerprint density at radius 1 is 1.31 bits per heavy atom. The molecule has 29 heavy (non-hydrogen) atoms. The van der Waals surface area contributed by atoms with Gasteiger partial charge in [-0.1, -0.05) is 41.6 Å². The number of anilines is 2. The fraction of sp³-hybridized carbons (Fsp3) is 0.111. The molecule has 0 saturated carbocycles. The van der Waals surface area contributed by atoms with Gasteiger partial charge in [0.2, 0.25) is 11.1 Å². The predicted molar refractivity (Wildman–Crippen MR) is 115 cm³/mol. The van der Waals surface area contributed by atoms with Gasteiger partial charge < -0.3 is 15.9 Å². The van der Waals surface area contributed by atoms with Crippen LogP contribution in [-0.2, 0) is 4.79 Å². The molecule has 0 spiro atoms. The first-order chi connectivity index (χ1) is 14.0. The molecule has 4 N–H and O–H groups in total. The second-order valence-corrected chi connectivity index (χ2v) is 7.05. The highest BCUT2D eigenvalue weighted by Crippen LogP contribution is 2.19. The Bertz CT molecular complexity index is 1020. The Balaban J connectivity index is 1.53. The number of ether oxygens (including phenoxy) is 1. The predicted octanol–water partition coefficient (Wildman–Crippen LogP) is 2.83. The lowest BCUT2D eigenvalue weighted by Crippen LogP contribution is -2.16. The van der Waals surface area contributed by atoms with Crippen LogP contribution in [0.5, 0.6) is 5.75 Å². The first kappa shape index (κ1) is 20.5. The number of nitrogen functional groups attached to an aromatic ring is 1. The summed E-state index contributed by atoms with van der Waals surface area (Å²) in [6.45, 7) is 0. The van der Waals surface area contributed by atoms with E-state index in [9.17, 15) is 4.79 Å². The maximum Gasteiger partial charge on any atom is 0.264 e. The van der Waals surface area contributed by atoms with Gasteiger partial charge in [-0.25, -0.2) is 10.1 Å². The minimum atomic E-state index is -0.209. The standard InChI is InChI=1S/C18H18ClN7O2S/c1-28-15-7-3-6-14(9-15)22-16(27)11-29-18-25-24-17(26(18)20)23-21-10-12-4-2-5-13(19)8-12/h2-10H,11,20H2,1H3,(H,22,27)(H,23,24)/b21-10+. The van der Waals surface area contributed by atoms with Crippen molar-refractivity contribution in [3.05, 3.63) is 59.1 Å². The molecule has 9 nitrogen and oxygen atoms in total. The molecule has 0 aliphatic heterocycles. The van der Waals surface area contributed by atoms with Gasteiger partial charge in [-0.15, -0.1) is 10.2 Å². The van der Waals surface area contributed by atoms with Crippen molar-refractivity contribution in [3.63, 3.8) is 0 Å². The van der Waals surface area contributed by atoms with Gasteiger partial charge >= 0.3 is 0 Å². The molecule has 0 aliphatic carbocycles. The first-order valence-electron chi connectivity index (χ1n) is 8.37. The Morgan fingerprint density at radius 3 is 2.93 bits per heavy atom. The third kappa shape index (κ3) is 5.87. The van der Waals surface area contributed by atoms with Crippen molar-refractivity contribution in [3.8, 4) is 5.75 Å². The molecule has 11 heteroatoms. The van der Waals surface area contributed by atoms with E-state index in [0.29, 0.717) is 21.6 Å². The van der Waals surface area contributed by atoms with E-state index in [4.69, 9.17) is 22.2 Å². The second-order valence-electron chi connectivity index (χ2n) is 5.67. The number of amides is 1. The van der Waals surface area contributed by atoms with Crippen molar-refractivity contribution in [1.29, 1.82) is 0 Å². The smallest absolute Gasteiger partial charge is 0.264 e. The zero-order valence-corrected chi connectivity index (χ0v) is 16.9. The van der Waals surface area contributed by atoms with Crippen LogP contribution in [-0.4, -0.2) is 39.9 Å².